The van der Waals surface area contributed by atoms with Gasteiger partial charge < -0.3 is 15.0 Å². The van der Waals surface area contributed by atoms with Gasteiger partial charge in [0.1, 0.15) is 0 Å². The van der Waals surface area contributed by atoms with Gasteiger partial charge in [0, 0.05) is 18.1 Å². The van der Waals surface area contributed by atoms with Gasteiger partial charge in [-0.2, -0.15) is 0 Å². The van der Waals surface area contributed by atoms with Gasteiger partial charge in [-0.25, -0.2) is 8.42 Å². The smallest absolute Gasteiger partial charge is 0.550 e. The van der Waals surface area contributed by atoms with Crippen LogP contribution in [-0.4, -0.2) is 32.4 Å². The molecule has 0 heterocycles. The third-order valence-electron chi connectivity index (χ3n) is 4.03. The predicted molar refractivity (Wildman–Crippen MR) is 88.2 cm³/mol. The molecule has 2 atom stereocenters. The van der Waals surface area contributed by atoms with Crippen molar-refractivity contribution in [3.63, 3.8) is 0 Å². The molecule has 2 aromatic rings. The van der Waals surface area contributed by atoms with Crippen molar-refractivity contribution in [2.45, 2.75) is 23.2 Å². The molecule has 0 aromatic heterocycles. The molecular weight excluding hydrogens is 351 g/mol. The molecule has 0 aliphatic heterocycles. The van der Waals surface area contributed by atoms with E-state index >= 15 is 0 Å². The molecule has 0 fully saturated rings. The first-order chi connectivity index (χ1) is 11.3. The molecule has 0 saturated heterocycles. The average Bonchev–Trinajstić information content (AvgIpc) is 2.55. The third kappa shape index (κ3) is 5.94. The SMILES string of the molecule is CS(=O)(=O)c1ccc([C@@H](CO)[C@@H](CC(=O)[O-])c2ccccc2)cc1.[Na+]. The van der Waals surface area contributed by atoms with Gasteiger partial charge in [-0.05, 0) is 35.6 Å². The fraction of sp³-hybridized carbons (Fsp3) is 0.278. The summed E-state index contributed by atoms with van der Waals surface area (Å²) in [6.45, 7) is -0.259. The predicted octanol–water partition coefficient (Wildman–Crippen LogP) is -1.91. The van der Waals surface area contributed by atoms with Crippen molar-refractivity contribution >= 4 is 15.8 Å². The Labute approximate surface area is 169 Å². The Hall–Kier alpha value is -1.18. The van der Waals surface area contributed by atoms with E-state index in [0.717, 1.165) is 11.8 Å². The summed E-state index contributed by atoms with van der Waals surface area (Å²) in [4.78, 5) is 11.3. The van der Waals surface area contributed by atoms with E-state index in [1.807, 2.05) is 6.07 Å². The first kappa shape index (κ1) is 21.9. The van der Waals surface area contributed by atoms with Crippen LogP contribution in [0.4, 0.5) is 0 Å². The Morgan fingerprint density at radius 1 is 1.00 bits per heavy atom. The number of hydrogen-bond donors (Lipinski definition) is 1. The summed E-state index contributed by atoms with van der Waals surface area (Å²) in [5.74, 6) is -2.14. The summed E-state index contributed by atoms with van der Waals surface area (Å²) in [6.07, 6.45) is 0.886. The quantitative estimate of drug-likeness (QED) is 0.574. The summed E-state index contributed by atoms with van der Waals surface area (Å²) < 4.78 is 23.1. The largest absolute Gasteiger partial charge is 1.00 e. The molecule has 2 aromatic carbocycles. The van der Waals surface area contributed by atoms with Gasteiger partial charge in [0.2, 0.25) is 0 Å². The maximum absolute atomic E-state index is 11.5. The molecule has 7 heteroatoms. The van der Waals surface area contributed by atoms with E-state index in [-0.39, 0.29) is 47.5 Å². The molecule has 0 saturated carbocycles. The van der Waals surface area contributed by atoms with Crippen LogP contribution in [0.15, 0.2) is 59.5 Å². The van der Waals surface area contributed by atoms with Gasteiger partial charge in [0.25, 0.3) is 0 Å². The summed E-state index contributed by atoms with van der Waals surface area (Å²) >= 11 is 0. The minimum atomic E-state index is -3.31. The van der Waals surface area contributed by atoms with Crippen LogP contribution in [0.2, 0.25) is 0 Å². The molecule has 2 rings (SSSR count). The Kier molecular flexibility index (Phi) is 8.31. The molecule has 0 aliphatic carbocycles. The zero-order valence-electron chi connectivity index (χ0n) is 14.3. The molecule has 25 heavy (non-hydrogen) atoms. The van der Waals surface area contributed by atoms with Crippen LogP contribution in [0, 0.1) is 0 Å². The molecule has 0 radical (unpaired) electrons. The minimum absolute atomic E-state index is 0. The summed E-state index contributed by atoms with van der Waals surface area (Å²) in [6, 6.07) is 15.2. The van der Waals surface area contributed by atoms with Crippen molar-refractivity contribution in [2.24, 2.45) is 0 Å². The van der Waals surface area contributed by atoms with Crippen LogP contribution in [-0.2, 0) is 14.6 Å². The van der Waals surface area contributed by atoms with Gasteiger partial charge in [-0.3, -0.25) is 0 Å². The summed E-state index contributed by atoms with van der Waals surface area (Å²) in [5, 5.41) is 21.0. The van der Waals surface area contributed by atoms with Crippen LogP contribution in [0.3, 0.4) is 0 Å². The average molecular weight is 370 g/mol. The van der Waals surface area contributed by atoms with E-state index in [1.165, 1.54) is 12.1 Å². The molecule has 5 nitrogen and oxygen atoms in total. The van der Waals surface area contributed by atoms with Gasteiger partial charge in [0.05, 0.1) is 11.5 Å². The first-order valence-electron chi connectivity index (χ1n) is 7.48. The Balaban J connectivity index is 0.00000312. The number of hydrogen-bond acceptors (Lipinski definition) is 5. The van der Waals surface area contributed by atoms with Gasteiger partial charge in [0.15, 0.2) is 9.84 Å². The summed E-state index contributed by atoms with van der Waals surface area (Å²) in [7, 11) is -3.31. The van der Waals surface area contributed by atoms with E-state index in [1.54, 1.807) is 36.4 Å². The van der Waals surface area contributed by atoms with Crippen LogP contribution >= 0.6 is 0 Å². The van der Waals surface area contributed by atoms with Crippen molar-refractivity contribution in [1.29, 1.82) is 0 Å². The van der Waals surface area contributed by atoms with E-state index in [9.17, 15) is 23.4 Å². The fourth-order valence-corrected chi connectivity index (χ4v) is 3.43. The van der Waals surface area contributed by atoms with Crippen molar-refractivity contribution in [2.75, 3.05) is 12.9 Å². The second-order valence-corrected chi connectivity index (χ2v) is 7.74. The molecule has 128 valence electrons. The van der Waals surface area contributed by atoms with Crippen molar-refractivity contribution in [1.82, 2.24) is 0 Å². The fourth-order valence-electron chi connectivity index (χ4n) is 2.80. The number of sulfone groups is 1. The molecule has 0 unspecified atom stereocenters. The van der Waals surface area contributed by atoms with Crippen molar-refractivity contribution in [3.05, 3.63) is 65.7 Å². The van der Waals surface area contributed by atoms with Crippen LogP contribution in [0.5, 0.6) is 0 Å². The molecular formula is C18H19NaO5S. The van der Waals surface area contributed by atoms with Crippen molar-refractivity contribution < 1.29 is 53.0 Å². The second kappa shape index (κ2) is 9.50. The normalized spacial score (nSPS) is 13.5. The Morgan fingerprint density at radius 3 is 1.96 bits per heavy atom. The van der Waals surface area contributed by atoms with Crippen LogP contribution < -0.4 is 34.7 Å². The molecule has 0 amide bonds. The number of aliphatic carboxylic acids is 1. The molecule has 0 spiro atoms. The zero-order valence-corrected chi connectivity index (χ0v) is 17.1. The number of aliphatic hydroxyl groups is 1. The number of rotatable bonds is 7. The van der Waals surface area contributed by atoms with Gasteiger partial charge >= 0.3 is 29.6 Å². The number of carbonyl (C=O) groups excluding carboxylic acids is 1. The number of carbonyl (C=O) groups is 1. The Morgan fingerprint density at radius 2 is 1.52 bits per heavy atom. The number of carboxylic acid groups (broad SMARTS) is 1. The summed E-state index contributed by atoms with van der Waals surface area (Å²) in [5.41, 5.74) is 1.47. The first-order valence-corrected chi connectivity index (χ1v) is 9.37. The van der Waals surface area contributed by atoms with E-state index in [2.05, 4.69) is 0 Å². The maximum Gasteiger partial charge on any atom is 1.00 e. The van der Waals surface area contributed by atoms with Gasteiger partial charge in [-0.15, -0.1) is 0 Å². The number of benzene rings is 2. The second-order valence-electron chi connectivity index (χ2n) is 5.72. The third-order valence-corrected chi connectivity index (χ3v) is 5.16. The van der Waals surface area contributed by atoms with Crippen LogP contribution in [0.25, 0.3) is 0 Å². The molecule has 1 N–H and O–H groups in total. The topological polar surface area (TPSA) is 94.5 Å². The minimum Gasteiger partial charge on any atom is -0.550 e. The monoisotopic (exact) mass is 370 g/mol. The number of aliphatic hydroxyl groups excluding tert-OH is 1. The van der Waals surface area contributed by atoms with E-state index < -0.39 is 27.6 Å². The van der Waals surface area contributed by atoms with E-state index in [0.29, 0.717) is 5.56 Å². The van der Waals surface area contributed by atoms with Crippen LogP contribution in [0.1, 0.15) is 29.4 Å². The number of carboxylic acids is 1. The maximum atomic E-state index is 11.5. The van der Waals surface area contributed by atoms with Gasteiger partial charge in [-0.1, -0.05) is 42.5 Å². The molecule has 0 bridgehead atoms. The molecule has 0 aliphatic rings. The zero-order chi connectivity index (χ0) is 17.7. The standard InChI is InChI=1S/C18H20O5S.Na/c1-24(22,23)15-9-7-14(8-10-15)17(12-19)16(11-18(20)21)13-5-3-2-4-6-13;/h2-10,16-17,19H,11-12H2,1H3,(H,20,21);/q;+1/p-1/t16-,17+;/m0./s1. The van der Waals surface area contributed by atoms with E-state index in [4.69, 9.17) is 0 Å². The Bertz CT molecular complexity index is 788. The van der Waals surface area contributed by atoms with Crippen molar-refractivity contribution in [3.8, 4) is 0 Å².